The molecule has 15 heavy (non-hydrogen) atoms. The van der Waals surface area contributed by atoms with Crippen LogP contribution in [0.25, 0.3) is 4.96 Å². The zero-order chi connectivity index (χ0) is 11.1. The summed E-state index contributed by atoms with van der Waals surface area (Å²) < 4.78 is 27.4. The van der Waals surface area contributed by atoms with Gasteiger partial charge in [0.1, 0.15) is 0 Å². The van der Waals surface area contributed by atoms with Gasteiger partial charge in [-0.05, 0) is 0 Å². The summed E-state index contributed by atoms with van der Waals surface area (Å²) in [6.45, 7) is 2.02. The van der Waals surface area contributed by atoms with Crippen molar-refractivity contribution in [1.82, 2.24) is 14.1 Å². The zero-order valence-electron chi connectivity index (χ0n) is 7.77. The van der Waals surface area contributed by atoms with Crippen molar-refractivity contribution in [2.75, 3.05) is 6.54 Å². The Balaban J connectivity index is 2.69. The van der Waals surface area contributed by atoms with E-state index in [2.05, 4.69) is 9.71 Å². The van der Waals surface area contributed by atoms with E-state index in [4.69, 9.17) is 11.6 Å². The second kappa shape index (κ2) is 3.75. The lowest BCUT2D eigenvalue weighted by Gasteiger charge is -2.02. The van der Waals surface area contributed by atoms with Crippen molar-refractivity contribution in [2.24, 2.45) is 0 Å². The molecule has 2 rings (SSSR count). The van der Waals surface area contributed by atoms with Crippen molar-refractivity contribution in [2.45, 2.75) is 11.9 Å². The van der Waals surface area contributed by atoms with Crippen LogP contribution in [0.5, 0.6) is 0 Å². The monoisotopic (exact) mass is 265 g/mol. The van der Waals surface area contributed by atoms with Crippen LogP contribution in [-0.4, -0.2) is 24.3 Å². The Hall–Kier alpha value is -0.630. The van der Waals surface area contributed by atoms with Crippen molar-refractivity contribution in [3.8, 4) is 0 Å². The Bertz CT molecular complexity index is 586. The number of hydrogen-bond donors (Lipinski definition) is 1. The summed E-state index contributed by atoms with van der Waals surface area (Å²) in [7, 11) is -3.57. The van der Waals surface area contributed by atoms with E-state index in [0.29, 0.717) is 11.5 Å². The standard InChI is InChI=1S/C7H8ClN3O2S2/c1-2-9-15(12,13)6-5(8)10-7-11(6)3-4-14-7/h3-4,9H,2H2,1H3. The number of aromatic nitrogens is 2. The molecule has 2 aromatic heterocycles. The lowest BCUT2D eigenvalue weighted by molar-refractivity contribution is 0.579. The summed E-state index contributed by atoms with van der Waals surface area (Å²) >= 11 is 7.12. The normalized spacial score (nSPS) is 12.4. The summed E-state index contributed by atoms with van der Waals surface area (Å²) in [6.07, 6.45) is 1.63. The van der Waals surface area contributed by atoms with Gasteiger partial charge in [-0.25, -0.2) is 18.1 Å². The Labute approximate surface area is 95.8 Å². The summed E-state index contributed by atoms with van der Waals surface area (Å²) in [5, 5.41) is 1.76. The van der Waals surface area contributed by atoms with E-state index in [-0.39, 0.29) is 10.2 Å². The number of halogens is 1. The second-order valence-electron chi connectivity index (χ2n) is 2.76. The fourth-order valence-corrected chi connectivity index (χ4v) is 3.73. The number of fused-ring (bicyclic) bond motifs is 1. The van der Waals surface area contributed by atoms with Crippen molar-refractivity contribution in [1.29, 1.82) is 0 Å². The van der Waals surface area contributed by atoms with Crippen LogP contribution in [0.1, 0.15) is 6.92 Å². The molecule has 2 aromatic rings. The average molecular weight is 266 g/mol. The van der Waals surface area contributed by atoms with E-state index in [9.17, 15) is 8.42 Å². The fraction of sp³-hybridized carbons (Fsp3) is 0.286. The SMILES string of the molecule is CCNS(=O)(=O)c1c(Cl)nc2sccn12. The molecule has 0 aliphatic carbocycles. The molecule has 0 bridgehead atoms. The number of hydrogen-bond acceptors (Lipinski definition) is 4. The second-order valence-corrected chi connectivity index (χ2v) is 5.68. The van der Waals surface area contributed by atoms with Crippen LogP contribution in [0.3, 0.4) is 0 Å². The predicted molar refractivity (Wildman–Crippen MR) is 58.9 cm³/mol. The lowest BCUT2D eigenvalue weighted by Crippen LogP contribution is -2.24. The Morgan fingerprint density at radius 2 is 2.40 bits per heavy atom. The number of nitrogens with zero attached hydrogens (tertiary/aromatic N) is 2. The van der Waals surface area contributed by atoms with Crippen molar-refractivity contribution in [3.05, 3.63) is 16.7 Å². The van der Waals surface area contributed by atoms with Gasteiger partial charge in [-0.3, -0.25) is 4.40 Å². The Kier molecular flexibility index (Phi) is 2.72. The maximum Gasteiger partial charge on any atom is 0.259 e. The van der Waals surface area contributed by atoms with E-state index in [1.807, 2.05) is 0 Å². The number of sulfonamides is 1. The minimum absolute atomic E-state index is 0.00210. The molecule has 8 heteroatoms. The Morgan fingerprint density at radius 1 is 1.67 bits per heavy atom. The van der Waals surface area contributed by atoms with Gasteiger partial charge in [0, 0.05) is 18.1 Å². The van der Waals surface area contributed by atoms with Crippen LogP contribution in [0.4, 0.5) is 0 Å². The fourth-order valence-electron chi connectivity index (χ4n) is 1.24. The van der Waals surface area contributed by atoms with Gasteiger partial charge in [0.15, 0.2) is 15.1 Å². The molecule has 82 valence electrons. The molecule has 0 amide bonds. The summed E-state index contributed by atoms with van der Waals surface area (Å²) in [5.41, 5.74) is 0. The van der Waals surface area contributed by atoms with Crippen LogP contribution in [-0.2, 0) is 10.0 Å². The van der Waals surface area contributed by atoms with Crippen LogP contribution in [0.2, 0.25) is 5.15 Å². The molecule has 0 atom stereocenters. The maximum absolute atomic E-state index is 11.8. The predicted octanol–water partition coefficient (Wildman–Crippen LogP) is 1.35. The molecule has 0 aliphatic rings. The summed E-state index contributed by atoms with van der Waals surface area (Å²) in [5.74, 6) is 0. The van der Waals surface area contributed by atoms with Gasteiger partial charge in [-0.2, -0.15) is 0 Å². The highest BCUT2D eigenvalue weighted by Crippen LogP contribution is 2.24. The van der Waals surface area contributed by atoms with E-state index >= 15 is 0 Å². The smallest absolute Gasteiger partial charge is 0.259 e. The van der Waals surface area contributed by atoms with Gasteiger partial charge < -0.3 is 0 Å². The molecule has 0 spiro atoms. The highest BCUT2D eigenvalue weighted by atomic mass is 35.5. The van der Waals surface area contributed by atoms with Crippen LogP contribution in [0, 0.1) is 0 Å². The summed E-state index contributed by atoms with van der Waals surface area (Å²) in [4.78, 5) is 4.52. The van der Waals surface area contributed by atoms with Gasteiger partial charge in [0.25, 0.3) is 10.0 Å². The molecule has 0 saturated heterocycles. The highest BCUT2D eigenvalue weighted by Gasteiger charge is 2.23. The lowest BCUT2D eigenvalue weighted by atomic mass is 10.8. The van der Waals surface area contributed by atoms with Gasteiger partial charge in [0.2, 0.25) is 0 Å². The third kappa shape index (κ3) is 1.76. The first-order chi connectivity index (χ1) is 7.06. The van der Waals surface area contributed by atoms with Gasteiger partial charge in [-0.1, -0.05) is 18.5 Å². The quantitative estimate of drug-likeness (QED) is 0.911. The van der Waals surface area contributed by atoms with Crippen LogP contribution >= 0.6 is 22.9 Å². The molecule has 0 unspecified atom stereocenters. The summed E-state index contributed by atoms with van der Waals surface area (Å²) in [6, 6.07) is 0. The van der Waals surface area contributed by atoms with E-state index < -0.39 is 10.0 Å². The van der Waals surface area contributed by atoms with Gasteiger partial charge in [0.05, 0.1) is 0 Å². The van der Waals surface area contributed by atoms with E-state index in [1.165, 1.54) is 15.7 Å². The van der Waals surface area contributed by atoms with Crippen molar-refractivity contribution >= 4 is 37.9 Å². The Morgan fingerprint density at radius 3 is 3.07 bits per heavy atom. The molecular weight excluding hydrogens is 258 g/mol. The molecule has 0 aliphatic heterocycles. The molecule has 2 heterocycles. The first-order valence-corrected chi connectivity index (χ1v) is 6.91. The van der Waals surface area contributed by atoms with E-state index in [0.717, 1.165) is 0 Å². The molecule has 0 aromatic carbocycles. The first-order valence-electron chi connectivity index (χ1n) is 4.17. The number of thiazole rings is 1. The largest absolute Gasteiger partial charge is 0.279 e. The van der Waals surface area contributed by atoms with Crippen LogP contribution < -0.4 is 4.72 Å². The number of nitrogens with one attached hydrogen (secondary N) is 1. The minimum Gasteiger partial charge on any atom is -0.279 e. The molecular formula is C7H8ClN3O2S2. The number of imidazole rings is 1. The third-order valence-electron chi connectivity index (χ3n) is 1.77. The third-order valence-corrected chi connectivity index (χ3v) is 4.47. The van der Waals surface area contributed by atoms with Crippen LogP contribution in [0.15, 0.2) is 16.6 Å². The molecule has 1 N–H and O–H groups in total. The molecule has 5 nitrogen and oxygen atoms in total. The molecule has 0 saturated carbocycles. The molecule has 0 fully saturated rings. The molecule has 0 radical (unpaired) electrons. The first kappa shape index (κ1) is 10.9. The van der Waals surface area contributed by atoms with E-state index in [1.54, 1.807) is 18.5 Å². The topological polar surface area (TPSA) is 63.5 Å². The van der Waals surface area contributed by atoms with Crippen molar-refractivity contribution < 1.29 is 8.42 Å². The minimum atomic E-state index is -3.57. The number of rotatable bonds is 3. The van der Waals surface area contributed by atoms with Gasteiger partial charge in [-0.15, -0.1) is 11.3 Å². The average Bonchev–Trinajstić information content (AvgIpc) is 2.61. The van der Waals surface area contributed by atoms with Gasteiger partial charge >= 0.3 is 0 Å². The zero-order valence-corrected chi connectivity index (χ0v) is 10.2. The van der Waals surface area contributed by atoms with Crippen molar-refractivity contribution in [3.63, 3.8) is 0 Å². The maximum atomic E-state index is 11.8. The highest BCUT2D eigenvalue weighted by molar-refractivity contribution is 7.89.